The van der Waals surface area contributed by atoms with Gasteiger partial charge in [-0.25, -0.2) is 0 Å². The Bertz CT molecular complexity index is 310. The first-order chi connectivity index (χ1) is 6.27. The Labute approximate surface area is 76.6 Å². The van der Waals surface area contributed by atoms with Gasteiger partial charge < -0.3 is 9.90 Å². The Morgan fingerprint density at radius 2 is 2.15 bits per heavy atom. The van der Waals surface area contributed by atoms with Crippen LogP contribution in [0.2, 0.25) is 0 Å². The van der Waals surface area contributed by atoms with Crippen molar-refractivity contribution in [2.45, 2.75) is 12.6 Å². The molecule has 68 valence electrons. The predicted molar refractivity (Wildman–Crippen MR) is 45.6 cm³/mol. The van der Waals surface area contributed by atoms with E-state index in [2.05, 4.69) is 0 Å². The largest absolute Gasteiger partial charge is 0.548 e. The number of nitrogens with zero attached hydrogens (tertiary/aromatic N) is 1. The highest BCUT2D eigenvalue weighted by molar-refractivity contribution is 5.74. The number of rotatable bonds is 3. The molecule has 1 aliphatic heterocycles. The average Bonchev–Trinajstić information content (AvgIpc) is 2.86. The van der Waals surface area contributed by atoms with Crippen LogP contribution in [0.25, 0.3) is 0 Å². The summed E-state index contributed by atoms with van der Waals surface area (Å²) < 4.78 is 0. The Balaban J connectivity index is 1.92. The van der Waals surface area contributed by atoms with Crippen molar-refractivity contribution in [2.24, 2.45) is 0 Å². The molecule has 2 atom stereocenters. The summed E-state index contributed by atoms with van der Waals surface area (Å²) in [5, 5.41) is 10.4. The maximum atomic E-state index is 10.4. The third-order valence-electron chi connectivity index (χ3n) is 2.22. The summed E-state index contributed by atoms with van der Waals surface area (Å²) in [6, 6.07) is 9.47. The second-order valence-corrected chi connectivity index (χ2v) is 3.25. The first-order valence-electron chi connectivity index (χ1n) is 4.26. The SMILES string of the molecule is O=C([O-])[C@@H]1CN1Cc1ccccc1. The number of hydrogen-bond acceptors (Lipinski definition) is 3. The third-order valence-corrected chi connectivity index (χ3v) is 2.22. The maximum absolute atomic E-state index is 10.4. The Kier molecular flexibility index (Phi) is 2.02. The quantitative estimate of drug-likeness (QED) is 0.590. The topological polar surface area (TPSA) is 43.1 Å². The molecule has 1 heterocycles. The van der Waals surface area contributed by atoms with Crippen LogP contribution in [-0.2, 0) is 11.3 Å². The molecule has 0 amide bonds. The lowest BCUT2D eigenvalue weighted by atomic mass is 10.2. The summed E-state index contributed by atoms with van der Waals surface area (Å²) in [5.74, 6) is -0.962. The zero-order valence-electron chi connectivity index (χ0n) is 7.14. The van der Waals surface area contributed by atoms with E-state index in [1.807, 2.05) is 35.2 Å². The molecule has 0 N–H and O–H groups in total. The molecule has 0 aromatic heterocycles. The molecule has 1 aromatic carbocycles. The molecule has 1 saturated heterocycles. The van der Waals surface area contributed by atoms with Gasteiger partial charge in [0.05, 0.1) is 12.0 Å². The zero-order valence-corrected chi connectivity index (χ0v) is 7.14. The van der Waals surface area contributed by atoms with E-state index in [9.17, 15) is 9.90 Å². The van der Waals surface area contributed by atoms with Gasteiger partial charge in [-0.1, -0.05) is 30.3 Å². The molecule has 0 bridgehead atoms. The van der Waals surface area contributed by atoms with Gasteiger partial charge in [0.1, 0.15) is 0 Å². The fraction of sp³-hybridized carbons (Fsp3) is 0.300. The molecule has 0 aliphatic carbocycles. The standard InChI is InChI=1S/C10H11NO2/c12-10(13)9-7-11(9)6-8-4-2-1-3-5-8/h1-5,9H,6-7H2,(H,12,13)/p-1/t9-,11?/m0/s1. The van der Waals surface area contributed by atoms with Crippen molar-refractivity contribution < 1.29 is 9.90 Å². The van der Waals surface area contributed by atoms with Crippen LogP contribution in [0.1, 0.15) is 5.56 Å². The van der Waals surface area contributed by atoms with Gasteiger partial charge in [-0.15, -0.1) is 0 Å². The van der Waals surface area contributed by atoms with Gasteiger partial charge in [-0.05, 0) is 5.56 Å². The highest BCUT2D eigenvalue weighted by Crippen LogP contribution is 2.19. The summed E-state index contributed by atoms with van der Waals surface area (Å²) >= 11 is 0. The fourth-order valence-electron chi connectivity index (χ4n) is 1.39. The Morgan fingerprint density at radius 1 is 1.46 bits per heavy atom. The fourth-order valence-corrected chi connectivity index (χ4v) is 1.39. The molecular formula is C10H10NO2-. The summed E-state index contributed by atoms with van der Waals surface area (Å²) in [7, 11) is 0. The molecule has 0 spiro atoms. The van der Waals surface area contributed by atoms with Crippen molar-refractivity contribution in [2.75, 3.05) is 6.54 Å². The summed E-state index contributed by atoms with van der Waals surface area (Å²) in [5.41, 5.74) is 1.14. The molecule has 2 rings (SSSR count). The average molecular weight is 176 g/mol. The minimum atomic E-state index is -0.962. The molecule has 0 radical (unpaired) electrons. The smallest absolute Gasteiger partial charge is 0.0625 e. The van der Waals surface area contributed by atoms with Gasteiger partial charge in [0.25, 0.3) is 0 Å². The molecule has 3 nitrogen and oxygen atoms in total. The molecule has 1 unspecified atom stereocenters. The van der Waals surface area contributed by atoms with Crippen molar-refractivity contribution in [3.05, 3.63) is 35.9 Å². The highest BCUT2D eigenvalue weighted by atomic mass is 16.4. The molecule has 1 aromatic rings. The number of carbonyl (C=O) groups excluding carboxylic acids is 1. The van der Waals surface area contributed by atoms with Crippen LogP contribution < -0.4 is 5.11 Å². The monoisotopic (exact) mass is 176 g/mol. The molecule has 1 fully saturated rings. The number of benzene rings is 1. The van der Waals surface area contributed by atoms with E-state index in [1.165, 1.54) is 0 Å². The van der Waals surface area contributed by atoms with Crippen LogP contribution in [0.4, 0.5) is 0 Å². The summed E-state index contributed by atoms with van der Waals surface area (Å²) in [4.78, 5) is 12.3. The number of carboxylic acid groups (broad SMARTS) is 1. The van der Waals surface area contributed by atoms with E-state index in [1.54, 1.807) is 0 Å². The minimum Gasteiger partial charge on any atom is -0.548 e. The first kappa shape index (κ1) is 8.26. The van der Waals surface area contributed by atoms with Crippen LogP contribution in [0.3, 0.4) is 0 Å². The van der Waals surface area contributed by atoms with Crippen LogP contribution in [0.5, 0.6) is 0 Å². The van der Waals surface area contributed by atoms with Gasteiger partial charge in [0, 0.05) is 13.1 Å². The van der Waals surface area contributed by atoms with Gasteiger partial charge in [-0.3, -0.25) is 4.90 Å². The molecule has 13 heavy (non-hydrogen) atoms. The van der Waals surface area contributed by atoms with Gasteiger partial charge in [0.2, 0.25) is 0 Å². The van der Waals surface area contributed by atoms with Crippen molar-refractivity contribution >= 4 is 5.97 Å². The summed E-state index contributed by atoms with van der Waals surface area (Å²) in [6.07, 6.45) is 0. The number of carboxylic acids is 1. The van der Waals surface area contributed by atoms with Crippen molar-refractivity contribution in [1.82, 2.24) is 4.90 Å². The first-order valence-corrected chi connectivity index (χ1v) is 4.26. The van der Waals surface area contributed by atoms with E-state index in [-0.39, 0.29) is 6.04 Å². The third kappa shape index (κ3) is 1.87. The van der Waals surface area contributed by atoms with Crippen LogP contribution in [-0.4, -0.2) is 23.5 Å². The van der Waals surface area contributed by atoms with Crippen LogP contribution in [0.15, 0.2) is 30.3 Å². The molecule has 0 saturated carbocycles. The highest BCUT2D eigenvalue weighted by Gasteiger charge is 2.34. The normalized spacial score (nSPS) is 25.5. The Morgan fingerprint density at radius 3 is 2.69 bits per heavy atom. The van der Waals surface area contributed by atoms with Crippen LogP contribution in [0, 0.1) is 0 Å². The number of hydrogen-bond donors (Lipinski definition) is 0. The molecule has 3 heteroatoms. The van der Waals surface area contributed by atoms with Gasteiger partial charge in [-0.2, -0.15) is 0 Å². The molecular weight excluding hydrogens is 166 g/mol. The van der Waals surface area contributed by atoms with Crippen molar-refractivity contribution in [1.29, 1.82) is 0 Å². The summed E-state index contributed by atoms with van der Waals surface area (Å²) in [6.45, 7) is 1.33. The van der Waals surface area contributed by atoms with E-state index in [0.29, 0.717) is 13.1 Å². The zero-order chi connectivity index (χ0) is 9.26. The second-order valence-electron chi connectivity index (χ2n) is 3.25. The van der Waals surface area contributed by atoms with E-state index in [0.717, 1.165) is 5.56 Å². The van der Waals surface area contributed by atoms with E-state index < -0.39 is 5.97 Å². The lowest BCUT2D eigenvalue weighted by Gasteiger charge is -2.03. The lowest BCUT2D eigenvalue weighted by Crippen LogP contribution is -2.30. The van der Waals surface area contributed by atoms with Crippen LogP contribution >= 0.6 is 0 Å². The van der Waals surface area contributed by atoms with Gasteiger partial charge in [0.15, 0.2) is 0 Å². The van der Waals surface area contributed by atoms with E-state index >= 15 is 0 Å². The van der Waals surface area contributed by atoms with E-state index in [4.69, 9.17) is 0 Å². The number of carbonyl (C=O) groups is 1. The number of aliphatic carboxylic acids is 1. The second kappa shape index (κ2) is 3.18. The van der Waals surface area contributed by atoms with Crippen molar-refractivity contribution in [3.63, 3.8) is 0 Å². The van der Waals surface area contributed by atoms with Crippen molar-refractivity contribution in [3.8, 4) is 0 Å². The predicted octanol–water partition coefficient (Wildman–Crippen LogP) is -0.379. The lowest BCUT2D eigenvalue weighted by molar-refractivity contribution is -0.305. The minimum absolute atomic E-state index is 0.361. The maximum Gasteiger partial charge on any atom is 0.0625 e. The van der Waals surface area contributed by atoms with Gasteiger partial charge >= 0.3 is 0 Å². The Hall–Kier alpha value is -1.35. The molecule has 1 aliphatic rings.